The van der Waals surface area contributed by atoms with E-state index in [1.54, 1.807) is 0 Å². The van der Waals surface area contributed by atoms with Gasteiger partial charge in [0.2, 0.25) is 0 Å². The van der Waals surface area contributed by atoms with Gasteiger partial charge in [0.25, 0.3) is 0 Å². The predicted octanol–water partition coefficient (Wildman–Crippen LogP) is 5.50. The van der Waals surface area contributed by atoms with Gasteiger partial charge in [0.15, 0.2) is 5.78 Å². The van der Waals surface area contributed by atoms with Crippen LogP contribution >= 0.6 is 0 Å². The fourth-order valence-electron chi connectivity index (χ4n) is 11.4. The van der Waals surface area contributed by atoms with Gasteiger partial charge in [-0.3, -0.25) is 14.9 Å². The van der Waals surface area contributed by atoms with Gasteiger partial charge in [0, 0.05) is 27.9 Å². The van der Waals surface area contributed by atoms with Gasteiger partial charge >= 0.3 is 5.97 Å². The van der Waals surface area contributed by atoms with Gasteiger partial charge in [0.05, 0.1) is 25.5 Å². The molecule has 6 rings (SSSR count). The third-order valence-corrected chi connectivity index (χ3v) is 13.7. The number of ether oxygens (including phenoxy) is 1. The highest BCUT2D eigenvalue weighted by Gasteiger charge is 2.74. The number of aliphatic hydroxyl groups excluding tert-OH is 1. The smallest absolute Gasteiger partial charge is 0.312 e. The quantitative estimate of drug-likeness (QED) is 0.377. The number of carbonyl (C=O) groups is 2. The van der Waals surface area contributed by atoms with E-state index in [1.807, 2.05) is 12.3 Å². The Morgan fingerprint density at radius 3 is 2.42 bits per heavy atom. The van der Waals surface area contributed by atoms with Crippen LogP contribution in [0.5, 0.6) is 0 Å². The zero-order chi connectivity index (χ0) is 29.1. The minimum Gasteiger partial charge on any atom is -0.469 e. The summed E-state index contributed by atoms with van der Waals surface area (Å²) in [5.41, 5.74) is -0.208. The molecule has 5 aliphatic carbocycles. The molecule has 1 aromatic heterocycles. The molecule has 7 heteroatoms. The molecule has 2 N–H and O–H groups in total. The van der Waals surface area contributed by atoms with Gasteiger partial charge in [-0.25, -0.2) is 0 Å². The molecule has 3 fully saturated rings. The molecule has 40 heavy (non-hydrogen) atoms. The third-order valence-electron chi connectivity index (χ3n) is 13.7. The molecule has 0 unspecified atom stereocenters. The number of hydrogen-bond donors (Lipinski definition) is 2. The number of methoxy groups -OCH3 is 1. The Morgan fingerprint density at radius 1 is 1.05 bits per heavy atom. The lowest BCUT2D eigenvalue weighted by Gasteiger charge is -2.72. The molecule has 0 spiro atoms. The van der Waals surface area contributed by atoms with E-state index < -0.39 is 21.8 Å². The largest absolute Gasteiger partial charge is 0.469 e. The number of hydrogen-bond acceptors (Lipinski definition) is 7. The van der Waals surface area contributed by atoms with Crippen molar-refractivity contribution in [3.63, 3.8) is 0 Å². The van der Waals surface area contributed by atoms with Gasteiger partial charge in [-0.2, -0.15) is 0 Å². The predicted molar refractivity (Wildman–Crippen MR) is 151 cm³/mol. The molecule has 7 atom stereocenters. The van der Waals surface area contributed by atoms with Crippen molar-refractivity contribution in [2.75, 3.05) is 13.8 Å². The second-order valence-corrected chi connectivity index (χ2v) is 15.9. The highest BCUT2D eigenvalue weighted by Crippen LogP contribution is 2.75. The first kappa shape index (κ1) is 28.1. The number of esters is 1. The fraction of sp³-hybridized carbons (Fsp3) is 0.788. The number of carbonyl (C=O) groups excluding carboxylic acids is 2. The molecular weight excluding hydrogens is 504 g/mol. The number of aromatic nitrogens is 1. The molecule has 0 aliphatic heterocycles. The number of aliphatic hydroxyl groups is 1. The van der Waals surface area contributed by atoms with E-state index in [0.29, 0.717) is 6.42 Å². The Morgan fingerprint density at radius 2 is 1.75 bits per heavy atom. The molecule has 220 valence electrons. The average molecular weight is 553 g/mol. The summed E-state index contributed by atoms with van der Waals surface area (Å²) in [6.07, 6.45) is 10.4. The summed E-state index contributed by atoms with van der Waals surface area (Å²) in [5, 5.41) is 18.1. The van der Waals surface area contributed by atoms with Gasteiger partial charge in [-0.15, -0.1) is 0 Å². The molecule has 0 amide bonds. The molecule has 0 saturated heterocycles. The van der Waals surface area contributed by atoms with Crippen molar-refractivity contribution in [3.8, 4) is 0 Å². The topological polar surface area (TPSA) is 102 Å². The van der Waals surface area contributed by atoms with Crippen LogP contribution in [0.2, 0.25) is 0 Å². The Hall–Kier alpha value is -1.99. The van der Waals surface area contributed by atoms with Crippen molar-refractivity contribution in [1.29, 1.82) is 0 Å². The summed E-state index contributed by atoms with van der Waals surface area (Å²) in [6.45, 7) is 15.8. The molecule has 5 aliphatic rings. The summed E-state index contributed by atoms with van der Waals surface area (Å²) < 4.78 is 11.3. The lowest BCUT2D eigenvalue weighted by Crippen LogP contribution is -2.75. The monoisotopic (exact) mass is 552 g/mol. The number of nitrogens with zero attached hydrogens (tertiary/aromatic N) is 1. The van der Waals surface area contributed by atoms with E-state index >= 15 is 0 Å². The molecular formula is C33H48N2O5. The first-order valence-electron chi connectivity index (χ1n) is 15.2. The maximum absolute atomic E-state index is 14.7. The van der Waals surface area contributed by atoms with Gasteiger partial charge < -0.3 is 14.4 Å². The van der Waals surface area contributed by atoms with Crippen LogP contribution in [-0.2, 0) is 26.2 Å². The molecule has 7 nitrogen and oxygen atoms in total. The van der Waals surface area contributed by atoms with Crippen LogP contribution in [0, 0.1) is 38.9 Å². The fourth-order valence-corrected chi connectivity index (χ4v) is 11.4. The molecule has 0 bridgehead atoms. The number of ketones is 1. The molecule has 1 aromatic rings. The Labute approximate surface area is 238 Å². The normalized spacial score (nSPS) is 44.7. The van der Waals surface area contributed by atoms with Crippen molar-refractivity contribution in [3.05, 3.63) is 29.2 Å². The maximum Gasteiger partial charge on any atom is 0.312 e. The highest BCUT2D eigenvalue weighted by molar-refractivity contribution is 5.96. The summed E-state index contributed by atoms with van der Waals surface area (Å²) in [5.74, 6) is 0.649. The molecule has 0 radical (unpaired) electrons. The molecule has 1 heterocycles. The Balaban J connectivity index is 1.55. The van der Waals surface area contributed by atoms with Crippen LogP contribution in [0.3, 0.4) is 0 Å². The summed E-state index contributed by atoms with van der Waals surface area (Å²) in [7, 11) is 1.50. The van der Waals surface area contributed by atoms with E-state index in [1.165, 1.54) is 12.7 Å². The zero-order valence-corrected chi connectivity index (χ0v) is 25.7. The first-order chi connectivity index (χ1) is 18.6. The van der Waals surface area contributed by atoms with Crippen molar-refractivity contribution < 1.29 is 24.0 Å². The van der Waals surface area contributed by atoms with Crippen LogP contribution < -0.4 is 5.32 Å². The standard InChI is InChI=1S/C33H48N2O5/c1-27(2)9-12-32(26(38)39-8)13-10-30(6)24(21(32)17-27)22(37)15-23-29(30,5)11-14-33(34-19-36)28(3,4)25-20(18-35-40-25)16-31(23,33)7/h15,18,21,24,34,36H,9-14,16-17,19H2,1-8H3/t21-,24-,29+,30+,31+,32-,33+/m0/s1. The summed E-state index contributed by atoms with van der Waals surface area (Å²) in [4.78, 5) is 28.2. The summed E-state index contributed by atoms with van der Waals surface area (Å²) in [6, 6.07) is 0. The van der Waals surface area contributed by atoms with Crippen LogP contribution in [-0.4, -0.2) is 41.4 Å². The van der Waals surface area contributed by atoms with E-state index in [9.17, 15) is 14.7 Å². The minimum absolute atomic E-state index is 0.0351. The Kier molecular flexibility index (Phi) is 5.84. The van der Waals surface area contributed by atoms with Crippen LogP contribution in [0.1, 0.15) is 105 Å². The second kappa shape index (κ2) is 8.31. The average Bonchev–Trinajstić information content (AvgIpc) is 3.35. The van der Waals surface area contributed by atoms with E-state index in [4.69, 9.17) is 9.26 Å². The third kappa shape index (κ3) is 3.06. The maximum atomic E-state index is 14.7. The molecule has 0 aromatic carbocycles. The number of nitrogens with one attached hydrogen (secondary N) is 1. The lowest BCUT2D eigenvalue weighted by atomic mass is 9.32. The van der Waals surface area contributed by atoms with Crippen LogP contribution in [0.25, 0.3) is 0 Å². The van der Waals surface area contributed by atoms with Gasteiger partial charge in [0.1, 0.15) is 5.76 Å². The first-order valence-corrected chi connectivity index (χ1v) is 15.2. The van der Waals surface area contributed by atoms with E-state index in [0.717, 1.165) is 56.3 Å². The van der Waals surface area contributed by atoms with Crippen LogP contribution in [0.4, 0.5) is 0 Å². The SMILES string of the molecule is COC(=O)[C@]12CCC(C)(C)C[C@H]1[C@H]1C(=O)C=C3[C@@](C)(CC[C@@]4(NCO)C(C)(C)c5oncc5C[C@]34C)[C@]1(C)CC2. The Bertz CT molecular complexity index is 1300. The van der Waals surface area contributed by atoms with Crippen molar-refractivity contribution >= 4 is 11.8 Å². The van der Waals surface area contributed by atoms with Crippen molar-refractivity contribution in [2.45, 2.75) is 111 Å². The molecule has 3 saturated carbocycles. The highest BCUT2D eigenvalue weighted by atomic mass is 16.5. The van der Waals surface area contributed by atoms with Crippen LogP contribution in [0.15, 0.2) is 22.4 Å². The van der Waals surface area contributed by atoms with Crippen molar-refractivity contribution in [1.82, 2.24) is 10.5 Å². The van der Waals surface area contributed by atoms with E-state index in [-0.39, 0.29) is 46.6 Å². The number of allylic oxidation sites excluding steroid dienone is 1. The van der Waals surface area contributed by atoms with Gasteiger partial charge in [-0.05, 0) is 79.6 Å². The minimum atomic E-state index is -0.587. The second-order valence-electron chi connectivity index (χ2n) is 15.9. The van der Waals surface area contributed by atoms with E-state index in [2.05, 4.69) is 58.9 Å². The van der Waals surface area contributed by atoms with Gasteiger partial charge in [-0.1, -0.05) is 59.2 Å². The zero-order valence-electron chi connectivity index (χ0n) is 25.7. The lowest BCUT2D eigenvalue weighted by molar-refractivity contribution is -0.193. The number of rotatable bonds is 3. The van der Waals surface area contributed by atoms with Crippen molar-refractivity contribution in [2.24, 2.45) is 38.9 Å². The summed E-state index contributed by atoms with van der Waals surface area (Å²) >= 11 is 0. The number of fused-ring (bicyclic) bond motifs is 8.